The van der Waals surface area contributed by atoms with Crippen LogP contribution in [0.2, 0.25) is 10.0 Å². The molecule has 0 radical (unpaired) electrons. The number of hydrogen-bond donors (Lipinski definition) is 1. The van der Waals surface area contributed by atoms with Gasteiger partial charge in [-0.3, -0.25) is 0 Å². The lowest BCUT2D eigenvalue weighted by atomic mass is 9.94. The van der Waals surface area contributed by atoms with Crippen molar-refractivity contribution >= 4 is 23.2 Å². The minimum absolute atomic E-state index is 0.0225. The lowest BCUT2D eigenvalue weighted by Crippen LogP contribution is -2.14. The molecule has 1 atom stereocenters. The fourth-order valence-electron chi connectivity index (χ4n) is 2.54. The van der Waals surface area contributed by atoms with E-state index < -0.39 is 0 Å². The van der Waals surface area contributed by atoms with Crippen LogP contribution in [-0.4, -0.2) is 0 Å². The third-order valence-corrected chi connectivity index (χ3v) is 4.28. The first-order chi connectivity index (χ1) is 7.68. The molecule has 0 aromatic heterocycles. The van der Waals surface area contributed by atoms with Gasteiger partial charge in [0.2, 0.25) is 0 Å². The molecule has 2 N–H and O–H groups in total. The molecule has 0 saturated heterocycles. The summed E-state index contributed by atoms with van der Waals surface area (Å²) in [7, 11) is 0. The molecule has 3 heteroatoms. The number of hydrogen-bond acceptors (Lipinski definition) is 1. The Kier molecular flexibility index (Phi) is 4.12. The zero-order valence-electron chi connectivity index (χ0n) is 9.26. The van der Waals surface area contributed by atoms with Crippen molar-refractivity contribution in [2.45, 2.75) is 38.1 Å². The molecular weight excluding hydrogens is 241 g/mol. The van der Waals surface area contributed by atoms with E-state index in [9.17, 15) is 0 Å². The van der Waals surface area contributed by atoms with Gasteiger partial charge in [0.05, 0.1) is 10.0 Å². The molecule has 2 rings (SSSR count). The van der Waals surface area contributed by atoms with E-state index in [-0.39, 0.29) is 6.04 Å². The highest BCUT2D eigenvalue weighted by Gasteiger charge is 2.20. The topological polar surface area (TPSA) is 26.0 Å². The highest BCUT2D eigenvalue weighted by Crippen LogP contribution is 2.35. The molecule has 1 fully saturated rings. The second-order valence-electron chi connectivity index (χ2n) is 4.64. The molecule has 0 aliphatic heterocycles. The van der Waals surface area contributed by atoms with Crippen molar-refractivity contribution in [3.05, 3.63) is 33.8 Å². The Morgan fingerprint density at radius 3 is 2.62 bits per heavy atom. The van der Waals surface area contributed by atoms with Gasteiger partial charge < -0.3 is 5.73 Å². The van der Waals surface area contributed by atoms with Crippen molar-refractivity contribution in [2.75, 3.05) is 0 Å². The summed E-state index contributed by atoms with van der Waals surface area (Å²) in [6.07, 6.45) is 6.35. The van der Waals surface area contributed by atoms with E-state index in [2.05, 4.69) is 0 Å². The van der Waals surface area contributed by atoms with Gasteiger partial charge in [-0.15, -0.1) is 0 Å². The normalized spacial score (nSPS) is 18.9. The van der Waals surface area contributed by atoms with Crippen molar-refractivity contribution in [1.82, 2.24) is 0 Å². The number of nitrogens with two attached hydrogens (primary N) is 1. The predicted molar refractivity (Wildman–Crippen MR) is 70.0 cm³/mol. The minimum atomic E-state index is 0.0225. The van der Waals surface area contributed by atoms with Crippen molar-refractivity contribution < 1.29 is 0 Å². The van der Waals surface area contributed by atoms with Crippen LogP contribution < -0.4 is 5.73 Å². The average molecular weight is 258 g/mol. The Bertz CT molecular complexity index is 359. The fourth-order valence-corrected chi connectivity index (χ4v) is 2.99. The van der Waals surface area contributed by atoms with E-state index in [0.717, 1.165) is 17.9 Å². The van der Waals surface area contributed by atoms with Crippen LogP contribution in [0, 0.1) is 5.92 Å². The molecule has 0 spiro atoms. The van der Waals surface area contributed by atoms with E-state index in [1.807, 2.05) is 12.1 Å². The van der Waals surface area contributed by atoms with Gasteiger partial charge in [-0.25, -0.2) is 0 Å². The van der Waals surface area contributed by atoms with Crippen LogP contribution in [0.1, 0.15) is 43.7 Å². The zero-order valence-corrected chi connectivity index (χ0v) is 10.8. The molecule has 1 aromatic carbocycles. The SMILES string of the molecule is NC(CC1CCCC1)c1cccc(Cl)c1Cl. The van der Waals surface area contributed by atoms with E-state index >= 15 is 0 Å². The van der Waals surface area contributed by atoms with Gasteiger partial charge in [-0.1, -0.05) is 61.0 Å². The summed E-state index contributed by atoms with van der Waals surface area (Å²) in [6.45, 7) is 0. The predicted octanol–water partition coefficient (Wildman–Crippen LogP) is 4.57. The van der Waals surface area contributed by atoms with Gasteiger partial charge in [0, 0.05) is 6.04 Å². The quantitative estimate of drug-likeness (QED) is 0.844. The third kappa shape index (κ3) is 2.71. The largest absolute Gasteiger partial charge is 0.324 e. The van der Waals surface area contributed by atoms with Crippen molar-refractivity contribution in [2.24, 2.45) is 11.7 Å². The van der Waals surface area contributed by atoms with Crippen LogP contribution in [0.4, 0.5) is 0 Å². The molecule has 1 nitrogen and oxygen atoms in total. The van der Waals surface area contributed by atoms with Gasteiger partial charge in [-0.2, -0.15) is 0 Å². The van der Waals surface area contributed by atoms with E-state index in [1.54, 1.807) is 6.07 Å². The van der Waals surface area contributed by atoms with Gasteiger partial charge in [0.25, 0.3) is 0 Å². The molecule has 0 heterocycles. The smallest absolute Gasteiger partial charge is 0.0640 e. The lowest BCUT2D eigenvalue weighted by molar-refractivity contribution is 0.451. The molecule has 16 heavy (non-hydrogen) atoms. The van der Waals surface area contributed by atoms with Gasteiger partial charge >= 0.3 is 0 Å². The van der Waals surface area contributed by atoms with Crippen molar-refractivity contribution in [1.29, 1.82) is 0 Å². The maximum atomic E-state index is 6.20. The van der Waals surface area contributed by atoms with E-state index in [1.165, 1.54) is 25.7 Å². The molecule has 1 aliphatic carbocycles. The Morgan fingerprint density at radius 2 is 1.94 bits per heavy atom. The van der Waals surface area contributed by atoms with Crippen molar-refractivity contribution in [3.8, 4) is 0 Å². The highest BCUT2D eigenvalue weighted by atomic mass is 35.5. The van der Waals surface area contributed by atoms with Crippen LogP contribution in [0.5, 0.6) is 0 Å². The maximum absolute atomic E-state index is 6.20. The standard InChI is InChI=1S/C13H17Cl2N/c14-11-7-3-6-10(13(11)15)12(16)8-9-4-1-2-5-9/h3,6-7,9,12H,1-2,4-5,8,16H2. The van der Waals surface area contributed by atoms with Crippen LogP contribution in [-0.2, 0) is 0 Å². The van der Waals surface area contributed by atoms with Crippen LogP contribution >= 0.6 is 23.2 Å². The maximum Gasteiger partial charge on any atom is 0.0640 e. The van der Waals surface area contributed by atoms with E-state index in [4.69, 9.17) is 28.9 Å². The third-order valence-electron chi connectivity index (χ3n) is 3.44. The van der Waals surface area contributed by atoms with Gasteiger partial charge in [0.15, 0.2) is 0 Å². The second-order valence-corrected chi connectivity index (χ2v) is 5.42. The Morgan fingerprint density at radius 1 is 1.25 bits per heavy atom. The lowest BCUT2D eigenvalue weighted by Gasteiger charge is -2.18. The Labute approximate surface area is 107 Å². The summed E-state index contributed by atoms with van der Waals surface area (Å²) in [6, 6.07) is 5.72. The molecule has 88 valence electrons. The monoisotopic (exact) mass is 257 g/mol. The summed E-state index contributed by atoms with van der Waals surface area (Å²) in [4.78, 5) is 0. The second kappa shape index (κ2) is 5.39. The summed E-state index contributed by atoms with van der Waals surface area (Å²) in [5.41, 5.74) is 7.19. The molecule has 1 saturated carbocycles. The summed E-state index contributed by atoms with van der Waals surface area (Å²) < 4.78 is 0. The first kappa shape index (κ1) is 12.2. The summed E-state index contributed by atoms with van der Waals surface area (Å²) >= 11 is 12.1. The van der Waals surface area contributed by atoms with Crippen LogP contribution in [0.25, 0.3) is 0 Å². The molecule has 0 bridgehead atoms. The molecule has 0 amide bonds. The number of rotatable bonds is 3. The molecular formula is C13H17Cl2N. The van der Waals surface area contributed by atoms with Gasteiger partial charge in [-0.05, 0) is 24.0 Å². The van der Waals surface area contributed by atoms with Crippen molar-refractivity contribution in [3.63, 3.8) is 0 Å². The Hall–Kier alpha value is -0.240. The van der Waals surface area contributed by atoms with E-state index in [0.29, 0.717) is 10.0 Å². The summed E-state index contributed by atoms with van der Waals surface area (Å²) in [5.74, 6) is 0.769. The van der Waals surface area contributed by atoms with Crippen LogP contribution in [0.3, 0.4) is 0 Å². The molecule has 1 aliphatic rings. The molecule has 1 aromatic rings. The van der Waals surface area contributed by atoms with Gasteiger partial charge in [0.1, 0.15) is 0 Å². The van der Waals surface area contributed by atoms with Crippen LogP contribution in [0.15, 0.2) is 18.2 Å². The highest BCUT2D eigenvalue weighted by molar-refractivity contribution is 6.42. The minimum Gasteiger partial charge on any atom is -0.324 e. The first-order valence-corrected chi connectivity index (χ1v) is 6.63. The average Bonchev–Trinajstić information content (AvgIpc) is 2.74. The number of halogens is 2. The Balaban J connectivity index is 2.07. The fraction of sp³-hybridized carbons (Fsp3) is 0.538. The first-order valence-electron chi connectivity index (χ1n) is 5.88. The molecule has 1 unspecified atom stereocenters. The number of benzene rings is 1. The zero-order chi connectivity index (χ0) is 11.5. The summed E-state index contributed by atoms with van der Waals surface area (Å²) in [5, 5.41) is 1.22.